The van der Waals surface area contributed by atoms with Gasteiger partial charge in [-0.2, -0.15) is 0 Å². The second kappa shape index (κ2) is 21.9. The van der Waals surface area contributed by atoms with Crippen molar-refractivity contribution in [3.63, 3.8) is 0 Å². The lowest BCUT2D eigenvalue weighted by Gasteiger charge is -2.22. The Labute approximate surface area is 341 Å². The van der Waals surface area contributed by atoms with Crippen LogP contribution in [0.1, 0.15) is 102 Å². The minimum absolute atomic E-state index is 0.0131. The first-order valence-corrected chi connectivity index (χ1v) is 19.4. The van der Waals surface area contributed by atoms with Crippen LogP contribution in [0.15, 0.2) is 82.8 Å². The zero-order valence-electron chi connectivity index (χ0n) is 36.9. The Hall–Kier alpha value is -5.20. The number of nitrogens with two attached hydrogens (primary N) is 4. The van der Waals surface area contributed by atoms with E-state index in [9.17, 15) is 9.59 Å². The zero-order valence-corrected chi connectivity index (χ0v) is 36.9. The summed E-state index contributed by atoms with van der Waals surface area (Å²) in [5.41, 5.74) is 22.5. The van der Waals surface area contributed by atoms with Gasteiger partial charge in [0.2, 0.25) is 0 Å². The summed E-state index contributed by atoms with van der Waals surface area (Å²) in [6, 6.07) is 21.8. The number of nitrogens with zero attached hydrogens (tertiary/aromatic N) is 2. The molecule has 0 aliphatic carbocycles. The van der Waals surface area contributed by atoms with Crippen molar-refractivity contribution in [2.75, 3.05) is 14.1 Å². The maximum absolute atomic E-state index is 12.2. The van der Waals surface area contributed by atoms with Crippen molar-refractivity contribution in [2.45, 2.75) is 113 Å². The molecule has 0 fully saturated rings. The number of rotatable bonds is 9. The van der Waals surface area contributed by atoms with E-state index in [2.05, 4.69) is 76.0 Å². The number of fused-ring (bicyclic) bond motifs is 2. The van der Waals surface area contributed by atoms with Crippen LogP contribution in [-0.4, -0.2) is 49.0 Å². The van der Waals surface area contributed by atoms with E-state index < -0.39 is 11.1 Å². The summed E-state index contributed by atoms with van der Waals surface area (Å²) in [6.07, 6.45) is 3.92. The van der Waals surface area contributed by atoms with E-state index in [1.54, 1.807) is 72.1 Å². The van der Waals surface area contributed by atoms with E-state index in [1.165, 1.54) is 19.3 Å². The van der Waals surface area contributed by atoms with Crippen LogP contribution in [0.3, 0.4) is 0 Å². The van der Waals surface area contributed by atoms with Gasteiger partial charge in [-0.1, -0.05) is 105 Å². The molecule has 0 bridgehead atoms. The minimum Gasteiger partial charge on any atom is -0.425 e. The van der Waals surface area contributed by atoms with Crippen LogP contribution in [-0.2, 0) is 9.59 Å². The molecule has 0 saturated heterocycles. The van der Waals surface area contributed by atoms with Gasteiger partial charge in [0.05, 0.1) is 11.4 Å². The molecule has 10 N–H and O–H groups in total. The maximum atomic E-state index is 12.2. The lowest BCUT2D eigenvalue weighted by atomic mass is 9.91. The third kappa shape index (κ3) is 18.1. The number of benzene rings is 4. The normalized spacial score (nSPS) is 11.4. The zero-order chi connectivity index (χ0) is 43.8. The van der Waals surface area contributed by atoms with Gasteiger partial charge < -0.3 is 43.0 Å². The largest absolute Gasteiger partial charge is 0.425 e. The summed E-state index contributed by atoms with van der Waals surface area (Å²) >= 11 is 0. The number of ether oxygens (including phenoxy) is 2. The maximum Gasteiger partial charge on any atom is 0.331 e. The molecular weight excluding hydrogens is 717 g/mol. The smallest absolute Gasteiger partial charge is 0.331 e. The van der Waals surface area contributed by atoms with Gasteiger partial charge in [-0.3, -0.25) is 0 Å². The molecule has 0 radical (unpaired) electrons. The quantitative estimate of drug-likeness (QED) is 0.0412. The van der Waals surface area contributed by atoms with Crippen molar-refractivity contribution in [3.8, 4) is 11.5 Å². The molecule has 57 heavy (non-hydrogen) atoms. The first-order chi connectivity index (χ1) is 26.3. The molecule has 0 aliphatic heterocycles. The third-order valence-corrected chi connectivity index (χ3v) is 8.91. The number of carbonyl (C=O) groups is 2. The van der Waals surface area contributed by atoms with E-state index >= 15 is 0 Å². The van der Waals surface area contributed by atoms with Gasteiger partial charge in [-0.25, -0.2) is 19.6 Å². The molecule has 4 aromatic carbocycles. The van der Waals surface area contributed by atoms with E-state index in [0.29, 0.717) is 33.7 Å². The minimum atomic E-state index is -0.778. The predicted molar refractivity (Wildman–Crippen MR) is 240 cm³/mol. The molecule has 12 heteroatoms. The number of esters is 2. The number of guanidine groups is 2. The van der Waals surface area contributed by atoms with E-state index in [4.69, 9.17) is 32.4 Å². The van der Waals surface area contributed by atoms with Crippen LogP contribution in [0.2, 0.25) is 0 Å². The SMILES string of the molecule is CCC(C)(C)C.CCCC(C)(C)C.CNC(C)(C)C(=O)Oc1ccc(N=C(N)N)c2ccccc12.CNC(C)(C)C(=O)Oc1ccc2cc(N=C(N)N)ccc2c1. The molecule has 0 saturated carbocycles. The number of hydrogen-bond acceptors (Lipinski definition) is 8. The first kappa shape index (κ1) is 49.8. The highest BCUT2D eigenvalue weighted by Gasteiger charge is 2.29. The molecule has 314 valence electrons. The fourth-order valence-corrected chi connectivity index (χ4v) is 4.49. The molecule has 0 aliphatic rings. The second-order valence-electron chi connectivity index (χ2n) is 17.1. The molecule has 12 nitrogen and oxygen atoms in total. The molecule has 0 atom stereocenters. The van der Waals surface area contributed by atoms with Crippen LogP contribution in [0.5, 0.6) is 11.5 Å². The summed E-state index contributed by atoms with van der Waals surface area (Å²) in [5.74, 6) is 0.250. The van der Waals surface area contributed by atoms with Crippen molar-refractivity contribution in [3.05, 3.63) is 72.8 Å². The summed E-state index contributed by atoms with van der Waals surface area (Å²) in [6.45, 7) is 25.0. The standard InChI is InChI=1S/2C16H20N4O2.C7H16.C6H14/c1-16(2,19-3)14(21)22-13-7-5-10-8-12(20-15(17)18)6-4-11(10)9-13;1-16(2,19-3)14(21)22-13-9-8-12(20-15(17)18)10-6-4-5-7-11(10)13;1-5-6-7(2,3)4;1-5-6(2,3)4/h2*4-9,19H,1-3H3,(H4,17,18,20);5-6H2,1-4H3;5H2,1-4H3. The average molecular weight is 787 g/mol. The van der Waals surface area contributed by atoms with Crippen LogP contribution in [0.4, 0.5) is 11.4 Å². The number of nitrogens with one attached hydrogen (secondary N) is 2. The highest BCUT2D eigenvalue weighted by atomic mass is 16.5. The Bertz CT molecular complexity index is 1960. The van der Waals surface area contributed by atoms with Crippen molar-refractivity contribution < 1.29 is 19.1 Å². The van der Waals surface area contributed by atoms with E-state index in [1.807, 2.05) is 42.5 Å². The summed E-state index contributed by atoms with van der Waals surface area (Å²) < 4.78 is 10.9. The Morgan fingerprint density at radius 1 is 0.614 bits per heavy atom. The molecule has 0 aromatic heterocycles. The average Bonchev–Trinajstić information content (AvgIpc) is 3.12. The van der Waals surface area contributed by atoms with Crippen molar-refractivity contribution in [2.24, 2.45) is 43.7 Å². The second-order valence-corrected chi connectivity index (χ2v) is 17.1. The Morgan fingerprint density at radius 2 is 1.11 bits per heavy atom. The van der Waals surface area contributed by atoms with Crippen LogP contribution in [0.25, 0.3) is 21.5 Å². The van der Waals surface area contributed by atoms with Gasteiger partial charge in [0.1, 0.15) is 22.6 Å². The fraction of sp³-hybridized carbons (Fsp3) is 0.467. The molecule has 4 aromatic rings. The topological polar surface area (TPSA) is 205 Å². The van der Waals surface area contributed by atoms with Gasteiger partial charge in [0.25, 0.3) is 0 Å². The van der Waals surface area contributed by atoms with Gasteiger partial charge in [-0.05, 0) is 106 Å². The summed E-state index contributed by atoms with van der Waals surface area (Å²) in [7, 11) is 3.42. The van der Waals surface area contributed by atoms with Crippen molar-refractivity contribution >= 4 is 56.8 Å². The Morgan fingerprint density at radius 3 is 1.56 bits per heavy atom. The molecule has 0 spiro atoms. The van der Waals surface area contributed by atoms with E-state index in [-0.39, 0.29) is 23.9 Å². The summed E-state index contributed by atoms with van der Waals surface area (Å²) in [4.78, 5) is 32.4. The molecule has 0 unspecified atom stereocenters. The number of likely N-dealkylation sites (N-methyl/N-ethyl adjacent to an activating group) is 2. The van der Waals surface area contributed by atoms with Gasteiger partial charge >= 0.3 is 11.9 Å². The van der Waals surface area contributed by atoms with Crippen LogP contribution < -0.4 is 43.0 Å². The molecule has 0 heterocycles. The van der Waals surface area contributed by atoms with Crippen LogP contribution >= 0.6 is 0 Å². The van der Waals surface area contributed by atoms with Gasteiger partial charge in [0, 0.05) is 10.8 Å². The van der Waals surface area contributed by atoms with Gasteiger partial charge in [-0.15, -0.1) is 0 Å². The van der Waals surface area contributed by atoms with Crippen molar-refractivity contribution in [1.29, 1.82) is 0 Å². The van der Waals surface area contributed by atoms with Crippen molar-refractivity contribution in [1.82, 2.24) is 10.6 Å². The first-order valence-electron chi connectivity index (χ1n) is 19.4. The molecular formula is C45H70N8O4. The fourth-order valence-electron chi connectivity index (χ4n) is 4.49. The van der Waals surface area contributed by atoms with E-state index in [0.717, 1.165) is 21.5 Å². The predicted octanol–water partition coefficient (Wildman–Crippen LogP) is 8.57. The monoisotopic (exact) mass is 787 g/mol. The lowest BCUT2D eigenvalue weighted by Crippen LogP contribution is -2.47. The van der Waals surface area contributed by atoms with Crippen LogP contribution in [0, 0.1) is 10.8 Å². The summed E-state index contributed by atoms with van der Waals surface area (Å²) in [5, 5.41) is 9.29. The Kier molecular flexibility index (Phi) is 19.2. The number of aliphatic imine (C=N–C) groups is 2. The number of carbonyl (C=O) groups excluding carboxylic acids is 2. The Balaban J connectivity index is 0.000000437. The van der Waals surface area contributed by atoms with Gasteiger partial charge in [0.15, 0.2) is 11.9 Å². The third-order valence-electron chi connectivity index (χ3n) is 8.91. The highest BCUT2D eigenvalue weighted by Crippen LogP contribution is 2.34. The highest BCUT2D eigenvalue weighted by molar-refractivity contribution is 6.00. The lowest BCUT2D eigenvalue weighted by molar-refractivity contribution is -0.141. The molecule has 4 rings (SSSR count). The number of hydrogen-bond donors (Lipinski definition) is 6. The molecule has 0 amide bonds.